The Balaban J connectivity index is 0. The molecule has 0 saturated carbocycles. The predicted octanol–water partition coefficient (Wildman–Crippen LogP) is 6.34. The van der Waals surface area contributed by atoms with Crippen LogP contribution in [0.1, 0.15) is 31.8 Å². The molecular formula is C20H25Br2Cl3N2O5. The number of carbonyl (C=O) groups excluding carboxylic acids is 1. The van der Waals surface area contributed by atoms with E-state index in [0.717, 1.165) is 15.1 Å². The van der Waals surface area contributed by atoms with Crippen LogP contribution in [0, 0.1) is 13.8 Å². The molecule has 0 spiro atoms. The summed E-state index contributed by atoms with van der Waals surface area (Å²) in [5, 5.41) is 10.9. The number of hydroxylamine groups is 3. The Kier molecular flexibility index (Phi) is 17.3. The molecule has 0 aromatic heterocycles. The van der Waals surface area contributed by atoms with Crippen LogP contribution in [-0.4, -0.2) is 50.4 Å². The van der Waals surface area contributed by atoms with Crippen molar-refractivity contribution in [2.24, 2.45) is 0 Å². The second-order valence-corrected chi connectivity index (χ2v) is 8.23. The minimum atomic E-state index is -0.957. The normalized spacial score (nSPS) is 9.44. The fraction of sp³-hybridized carbons (Fsp3) is 0.300. The van der Waals surface area contributed by atoms with Gasteiger partial charge in [0.05, 0.1) is 29.8 Å². The first-order chi connectivity index (χ1) is 14.4. The van der Waals surface area contributed by atoms with E-state index in [1.807, 2.05) is 0 Å². The zero-order valence-corrected chi connectivity index (χ0v) is 23.8. The number of hydrogen-bond acceptors (Lipinski definition) is 5. The van der Waals surface area contributed by atoms with Crippen LogP contribution in [0.25, 0.3) is 0 Å². The number of aromatic carboxylic acids is 1. The Bertz CT molecular complexity index is 915. The zero-order valence-electron chi connectivity index (χ0n) is 18.3. The fourth-order valence-electron chi connectivity index (χ4n) is 2.02. The van der Waals surface area contributed by atoms with Gasteiger partial charge in [0.15, 0.2) is 0 Å². The summed E-state index contributed by atoms with van der Waals surface area (Å²) >= 11 is 18.3. The highest BCUT2D eigenvalue weighted by molar-refractivity contribution is 9.10. The lowest BCUT2D eigenvalue weighted by atomic mass is 10.1. The standard InChI is InChI=1S/C10H11BrClNO2.C8H6BrClO2.C2H7NO.ClH/c1-6-7(10(14)13(2)15-3)4-5-8(11)9(6)12;1-4-5(8(11)12)2-3-6(9)7(4)10;1-3-4-2;/h4-5H,1-3H3;2-3H,1H3,(H,11,12);3H,1-2H3;1H. The van der Waals surface area contributed by atoms with Crippen LogP contribution in [0.15, 0.2) is 33.2 Å². The van der Waals surface area contributed by atoms with Crippen LogP contribution < -0.4 is 5.48 Å². The summed E-state index contributed by atoms with van der Waals surface area (Å²) in [4.78, 5) is 31.5. The minimum Gasteiger partial charge on any atom is -0.478 e. The van der Waals surface area contributed by atoms with Crippen LogP contribution in [-0.2, 0) is 9.68 Å². The maximum atomic E-state index is 11.8. The van der Waals surface area contributed by atoms with Crippen molar-refractivity contribution >= 4 is 79.3 Å². The second-order valence-electron chi connectivity index (χ2n) is 5.77. The van der Waals surface area contributed by atoms with Gasteiger partial charge in [-0.1, -0.05) is 23.2 Å². The summed E-state index contributed by atoms with van der Waals surface area (Å²) in [7, 11) is 6.27. The molecule has 0 saturated heterocycles. The number of carbonyl (C=O) groups is 2. The van der Waals surface area contributed by atoms with E-state index in [4.69, 9.17) is 33.1 Å². The van der Waals surface area contributed by atoms with E-state index in [-0.39, 0.29) is 23.9 Å². The third kappa shape index (κ3) is 9.93. The van der Waals surface area contributed by atoms with Crippen molar-refractivity contribution in [1.82, 2.24) is 10.5 Å². The summed E-state index contributed by atoms with van der Waals surface area (Å²) < 4.78 is 1.49. The average molecular weight is 640 g/mol. The van der Waals surface area contributed by atoms with Gasteiger partial charge in [0.1, 0.15) is 0 Å². The highest BCUT2D eigenvalue weighted by Crippen LogP contribution is 2.29. The highest BCUT2D eigenvalue weighted by atomic mass is 79.9. The number of benzene rings is 2. The molecule has 0 bridgehead atoms. The first-order valence-corrected chi connectivity index (χ1v) is 10.9. The van der Waals surface area contributed by atoms with Gasteiger partial charge in [0.2, 0.25) is 0 Å². The Hall–Kier alpha value is -0.910. The van der Waals surface area contributed by atoms with Crippen LogP contribution in [0.5, 0.6) is 0 Å². The van der Waals surface area contributed by atoms with E-state index in [0.29, 0.717) is 25.6 Å². The van der Waals surface area contributed by atoms with Gasteiger partial charge in [-0.15, -0.1) is 12.4 Å². The SMILES string of the molecule is CNOC.CON(C)C(=O)c1ccc(Br)c(Cl)c1C.Cc1c(C(=O)O)ccc(Br)c1Cl.Cl. The first kappa shape index (κ1) is 33.3. The largest absolute Gasteiger partial charge is 0.478 e. The highest BCUT2D eigenvalue weighted by Gasteiger charge is 2.16. The lowest BCUT2D eigenvalue weighted by Crippen LogP contribution is -2.26. The first-order valence-electron chi connectivity index (χ1n) is 8.58. The quantitative estimate of drug-likeness (QED) is 0.380. The summed E-state index contributed by atoms with van der Waals surface area (Å²) in [6.07, 6.45) is 0. The fourth-order valence-corrected chi connectivity index (χ4v) is 3.21. The molecule has 2 rings (SSSR count). The molecule has 7 nitrogen and oxygen atoms in total. The van der Waals surface area contributed by atoms with Crippen molar-refractivity contribution in [2.75, 3.05) is 28.3 Å². The summed E-state index contributed by atoms with van der Waals surface area (Å²) in [5.41, 5.74) is 4.52. The van der Waals surface area contributed by atoms with E-state index >= 15 is 0 Å². The molecule has 0 aliphatic heterocycles. The monoisotopic (exact) mass is 636 g/mol. The van der Waals surface area contributed by atoms with Crippen LogP contribution in [0.2, 0.25) is 10.0 Å². The molecular weight excluding hydrogens is 614 g/mol. The van der Waals surface area contributed by atoms with Crippen molar-refractivity contribution in [3.8, 4) is 0 Å². The zero-order chi connectivity index (χ0) is 24.3. The molecule has 0 heterocycles. The lowest BCUT2D eigenvalue weighted by Gasteiger charge is -2.15. The van der Waals surface area contributed by atoms with Crippen molar-refractivity contribution in [3.05, 3.63) is 65.5 Å². The Labute approximate surface area is 220 Å². The van der Waals surface area contributed by atoms with Crippen molar-refractivity contribution < 1.29 is 24.4 Å². The molecule has 32 heavy (non-hydrogen) atoms. The number of carboxylic acid groups (broad SMARTS) is 1. The molecule has 2 N–H and O–H groups in total. The van der Waals surface area contributed by atoms with Crippen LogP contribution >= 0.6 is 67.5 Å². The molecule has 2 aromatic rings. The molecule has 2 aromatic carbocycles. The van der Waals surface area contributed by atoms with Gasteiger partial charge >= 0.3 is 5.97 Å². The van der Waals surface area contributed by atoms with Gasteiger partial charge < -0.3 is 9.94 Å². The average Bonchev–Trinajstić information content (AvgIpc) is 2.75. The molecule has 0 aliphatic carbocycles. The van der Waals surface area contributed by atoms with Crippen molar-refractivity contribution in [2.45, 2.75) is 13.8 Å². The van der Waals surface area contributed by atoms with E-state index in [1.54, 1.807) is 53.3 Å². The Morgan fingerprint density at radius 2 is 1.34 bits per heavy atom. The topological polar surface area (TPSA) is 88.1 Å². The third-order valence-corrected chi connectivity index (χ3v) is 6.66. The molecule has 0 unspecified atom stereocenters. The van der Waals surface area contributed by atoms with E-state index in [1.165, 1.54) is 13.2 Å². The Morgan fingerprint density at radius 1 is 0.969 bits per heavy atom. The van der Waals surface area contributed by atoms with Gasteiger partial charge in [-0.3, -0.25) is 9.63 Å². The molecule has 1 amide bonds. The van der Waals surface area contributed by atoms with E-state index in [9.17, 15) is 9.59 Å². The number of halogens is 5. The van der Waals surface area contributed by atoms with Crippen LogP contribution in [0.3, 0.4) is 0 Å². The number of amides is 1. The van der Waals surface area contributed by atoms with Gasteiger partial charge in [-0.2, -0.15) is 0 Å². The third-order valence-electron chi connectivity index (χ3n) is 3.90. The maximum absolute atomic E-state index is 11.8. The minimum absolute atomic E-state index is 0. The molecule has 0 radical (unpaired) electrons. The summed E-state index contributed by atoms with van der Waals surface area (Å²) in [6.45, 7) is 3.47. The second kappa shape index (κ2) is 16.7. The molecule has 0 aliphatic rings. The van der Waals surface area contributed by atoms with Crippen molar-refractivity contribution in [3.63, 3.8) is 0 Å². The Morgan fingerprint density at radius 3 is 1.69 bits per heavy atom. The summed E-state index contributed by atoms with van der Waals surface area (Å²) in [5.74, 6) is -1.17. The van der Waals surface area contributed by atoms with Crippen LogP contribution in [0.4, 0.5) is 0 Å². The lowest BCUT2D eigenvalue weighted by molar-refractivity contribution is -0.0757. The van der Waals surface area contributed by atoms with E-state index in [2.05, 4.69) is 42.2 Å². The maximum Gasteiger partial charge on any atom is 0.336 e. The molecule has 0 fully saturated rings. The van der Waals surface area contributed by atoms with Gasteiger partial charge in [-0.25, -0.2) is 15.3 Å². The van der Waals surface area contributed by atoms with Gasteiger partial charge in [0.25, 0.3) is 5.91 Å². The predicted molar refractivity (Wildman–Crippen MR) is 137 cm³/mol. The van der Waals surface area contributed by atoms with Gasteiger partial charge in [0, 0.05) is 28.6 Å². The van der Waals surface area contributed by atoms with Gasteiger partial charge in [-0.05, 0) is 81.1 Å². The summed E-state index contributed by atoms with van der Waals surface area (Å²) in [6, 6.07) is 6.60. The van der Waals surface area contributed by atoms with Crippen molar-refractivity contribution in [1.29, 1.82) is 0 Å². The number of nitrogens with zero attached hydrogens (tertiary/aromatic N) is 1. The number of carboxylic acids is 1. The molecule has 180 valence electrons. The molecule has 0 atom stereocenters. The smallest absolute Gasteiger partial charge is 0.336 e. The van der Waals surface area contributed by atoms with E-state index < -0.39 is 5.97 Å². The molecule has 12 heteroatoms. The number of hydrogen-bond donors (Lipinski definition) is 2. The number of nitrogens with one attached hydrogen (secondary N) is 1. The number of rotatable bonds is 4.